The Morgan fingerprint density at radius 2 is 1.78 bits per heavy atom. The number of thioether (sulfide) groups is 1. The Morgan fingerprint density at radius 3 is 2.41 bits per heavy atom. The fourth-order valence-electron chi connectivity index (χ4n) is 2.37. The molecule has 1 aliphatic rings. The van der Waals surface area contributed by atoms with Gasteiger partial charge in [-0.3, -0.25) is 19.3 Å². The van der Waals surface area contributed by atoms with E-state index in [1.165, 1.54) is 4.90 Å². The van der Waals surface area contributed by atoms with Crippen LogP contribution in [-0.2, 0) is 16.1 Å². The van der Waals surface area contributed by atoms with Crippen molar-refractivity contribution in [3.05, 3.63) is 69.6 Å². The molecule has 0 bridgehead atoms. The van der Waals surface area contributed by atoms with Crippen molar-refractivity contribution < 1.29 is 19.1 Å². The van der Waals surface area contributed by atoms with Gasteiger partial charge in [0.15, 0.2) is 6.61 Å². The number of ether oxygens (including phenoxy) is 1. The van der Waals surface area contributed by atoms with Crippen LogP contribution in [0.4, 0.5) is 4.79 Å². The molecule has 6 nitrogen and oxygen atoms in total. The largest absolute Gasteiger partial charge is 0.484 e. The zero-order valence-electron chi connectivity index (χ0n) is 14.1. The molecule has 0 aromatic heterocycles. The van der Waals surface area contributed by atoms with Crippen LogP contribution in [0.1, 0.15) is 11.1 Å². The van der Waals surface area contributed by atoms with E-state index in [0.717, 1.165) is 22.9 Å². The molecule has 1 aliphatic heterocycles. The third-order valence-corrected chi connectivity index (χ3v) is 4.85. The summed E-state index contributed by atoms with van der Waals surface area (Å²) in [5.41, 5.74) is 6.58. The van der Waals surface area contributed by atoms with E-state index in [-0.39, 0.29) is 24.3 Å². The molecule has 0 atom stereocenters. The number of benzene rings is 2. The van der Waals surface area contributed by atoms with Gasteiger partial charge in [0.1, 0.15) is 5.75 Å². The lowest BCUT2D eigenvalue weighted by Crippen LogP contribution is -2.27. The summed E-state index contributed by atoms with van der Waals surface area (Å²) in [6, 6.07) is 13.8. The van der Waals surface area contributed by atoms with Crippen molar-refractivity contribution in [3.63, 3.8) is 0 Å². The van der Waals surface area contributed by atoms with E-state index in [1.54, 1.807) is 54.6 Å². The number of nitrogens with zero attached hydrogens (tertiary/aromatic N) is 1. The fourth-order valence-corrected chi connectivity index (χ4v) is 3.34. The lowest BCUT2D eigenvalue weighted by Gasteiger charge is -2.12. The molecular formula is C19H15ClN2O4S. The molecule has 1 heterocycles. The van der Waals surface area contributed by atoms with Crippen LogP contribution in [0.3, 0.4) is 0 Å². The highest BCUT2D eigenvalue weighted by molar-refractivity contribution is 8.18. The number of imide groups is 1. The molecule has 1 fully saturated rings. The molecule has 0 unspecified atom stereocenters. The number of amides is 3. The third-order valence-electron chi connectivity index (χ3n) is 3.69. The standard InChI is InChI=1S/C19H15ClN2O4S/c20-14-5-1-13(2-6-14)10-22-18(24)16(27-19(22)25)9-12-3-7-15(8-4-12)26-11-17(21)23/h1-9H,10-11H2,(H2,21,23)/b16-9-. The van der Waals surface area contributed by atoms with Crippen molar-refractivity contribution in [1.29, 1.82) is 0 Å². The number of carbonyl (C=O) groups is 3. The zero-order chi connectivity index (χ0) is 19.4. The molecule has 27 heavy (non-hydrogen) atoms. The van der Waals surface area contributed by atoms with Gasteiger partial charge in [0.2, 0.25) is 0 Å². The summed E-state index contributed by atoms with van der Waals surface area (Å²) in [7, 11) is 0. The number of halogens is 1. The Bertz CT molecular complexity index is 910. The van der Waals surface area contributed by atoms with Crippen molar-refractivity contribution >= 4 is 46.5 Å². The first-order chi connectivity index (χ1) is 12.9. The predicted molar refractivity (Wildman–Crippen MR) is 104 cm³/mol. The Labute approximate surface area is 164 Å². The predicted octanol–water partition coefficient (Wildman–Crippen LogP) is 3.44. The zero-order valence-corrected chi connectivity index (χ0v) is 15.6. The smallest absolute Gasteiger partial charge is 0.293 e. The van der Waals surface area contributed by atoms with Crippen LogP contribution >= 0.6 is 23.4 Å². The van der Waals surface area contributed by atoms with Gasteiger partial charge in [0.05, 0.1) is 11.4 Å². The highest BCUT2D eigenvalue weighted by Gasteiger charge is 2.34. The first kappa shape index (κ1) is 19.0. The highest BCUT2D eigenvalue weighted by Crippen LogP contribution is 2.33. The average molecular weight is 403 g/mol. The van der Waals surface area contributed by atoms with Gasteiger partial charge in [-0.25, -0.2) is 0 Å². The van der Waals surface area contributed by atoms with Gasteiger partial charge in [-0.2, -0.15) is 0 Å². The van der Waals surface area contributed by atoms with Crippen LogP contribution in [0.25, 0.3) is 6.08 Å². The molecule has 1 saturated heterocycles. The van der Waals surface area contributed by atoms with E-state index in [4.69, 9.17) is 22.1 Å². The minimum absolute atomic E-state index is 0.194. The highest BCUT2D eigenvalue weighted by atomic mass is 35.5. The van der Waals surface area contributed by atoms with E-state index >= 15 is 0 Å². The summed E-state index contributed by atoms with van der Waals surface area (Å²) in [5.74, 6) is -0.413. The van der Waals surface area contributed by atoms with Crippen molar-refractivity contribution in [3.8, 4) is 5.75 Å². The number of carbonyl (C=O) groups excluding carboxylic acids is 3. The summed E-state index contributed by atoms with van der Waals surface area (Å²) in [6.07, 6.45) is 1.64. The van der Waals surface area contributed by atoms with Crippen LogP contribution < -0.4 is 10.5 Å². The van der Waals surface area contributed by atoms with Crippen LogP contribution in [0.5, 0.6) is 5.75 Å². The molecule has 3 amide bonds. The minimum atomic E-state index is -0.562. The Morgan fingerprint density at radius 1 is 1.11 bits per heavy atom. The van der Waals surface area contributed by atoms with Gasteiger partial charge >= 0.3 is 0 Å². The van der Waals surface area contributed by atoms with Gasteiger partial charge in [-0.1, -0.05) is 35.9 Å². The molecule has 0 saturated carbocycles. The molecule has 0 aliphatic carbocycles. The van der Waals surface area contributed by atoms with Gasteiger partial charge in [-0.15, -0.1) is 0 Å². The monoisotopic (exact) mass is 402 g/mol. The number of nitrogens with two attached hydrogens (primary N) is 1. The van der Waals surface area contributed by atoms with Crippen molar-refractivity contribution in [2.45, 2.75) is 6.54 Å². The number of primary amides is 1. The van der Waals surface area contributed by atoms with Crippen molar-refractivity contribution in [2.75, 3.05) is 6.61 Å². The van der Waals surface area contributed by atoms with E-state index in [9.17, 15) is 14.4 Å². The first-order valence-electron chi connectivity index (χ1n) is 7.93. The van der Waals surface area contributed by atoms with E-state index in [0.29, 0.717) is 15.7 Å². The van der Waals surface area contributed by atoms with Crippen LogP contribution in [0.2, 0.25) is 5.02 Å². The van der Waals surface area contributed by atoms with Gasteiger partial charge in [-0.05, 0) is 53.2 Å². The summed E-state index contributed by atoms with van der Waals surface area (Å²) in [6.45, 7) is -0.0119. The minimum Gasteiger partial charge on any atom is -0.484 e. The lowest BCUT2D eigenvalue weighted by molar-refractivity contribution is -0.123. The lowest BCUT2D eigenvalue weighted by atomic mass is 10.2. The second-order valence-electron chi connectivity index (χ2n) is 5.72. The third kappa shape index (κ3) is 4.90. The second-order valence-corrected chi connectivity index (χ2v) is 7.15. The number of hydrogen-bond acceptors (Lipinski definition) is 5. The first-order valence-corrected chi connectivity index (χ1v) is 9.13. The Hall–Kier alpha value is -2.77. The molecule has 138 valence electrons. The molecule has 0 radical (unpaired) electrons. The summed E-state index contributed by atoms with van der Waals surface area (Å²) in [5, 5.41) is 0.277. The molecule has 2 aromatic carbocycles. The molecule has 2 aromatic rings. The fraction of sp³-hybridized carbons (Fsp3) is 0.105. The van der Waals surface area contributed by atoms with Gasteiger partial charge in [0, 0.05) is 5.02 Å². The molecule has 3 rings (SSSR count). The molecule has 2 N–H and O–H groups in total. The Balaban J connectivity index is 1.70. The second kappa shape index (κ2) is 8.28. The topological polar surface area (TPSA) is 89.7 Å². The van der Waals surface area contributed by atoms with Crippen LogP contribution in [0, 0.1) is 0 Å². The normalized spacial score (nSPS) is 15.4. The number of hydrogen-bond donors (Lipinski definition) is 1. The summed E-state index contributed by atoms with van der Waals surface area (Å²) >= 11 is 6.75. The maximum absolute atomic E-state index is 12.5. The molecular weight excluding hydrogens is 388 g/mol. The molecule has 8 heteroatoms. The SMILES string of the molecule is NC(=O)COc1ccc(/C=C2\SC(=O)N(Cc3ccc(Cl)cc3)C2=O)cc1. The van der Waals surface area contributed by atoms with E-state index < -0.39 is 5.91 Å². The quantitative estimate of drug-likeness (QED) is 0.747. The summed E-state index contributed by atoms with van der Waals surface area (Å²) < 4.78 is 5.18. The van der Waals surface area contributed by atoms with Crippen LogP contribution in [-0.4, -0.2) is 28.6 Å². The maximum atomic E-state index is 12.5. The maximum Gasteiger partial charge on any atom is 0.293 e. The number of rotatable bonds is 6. The summed E-state index contributed by atoms with van der Waals surface area (Å²) in [4.78, 5) is 37.0. The van der Waals surface area contributed by atoms with E-state index in [1.807, 2.05) is 0 Å². The van der Waals surface area contributed by atoms with Gasteiger partial charge in [0.25, 0.3) is 17.1 Å². The van der Waals surface area contributed by atoms with Crippen molar-refractivity contribution in [2.24, 2.45) is 5.73 Å². The van der Waals surface area contributed by atoms with Gasteiger partial charge < -0.3 is 10.5 Å². The van der Waals surface area contributed by atoms with E-state index in [2.05, 4.69) is 0 Å². The molecule has 0 spiro atoms. The van der Waals surface area contributed by atoms with Crippen molar-refractivity contribution in [1.82, 2.24) is 4.90 Å². The van der Waals surface area contributed by atoms with Crippen LogP contribution in [0.15, 0.2) is 53.4 Å². The average Bonchev–Trinajstić information content (AvgIpc) is 2.90. The Kier molecular flexibility index (Phi) is 5.83.